The van der Waals surface area contributed by atoms with E-state index >= 15 is 0 Å². The number of nitrogens with one attached hydrogen (secondary N) is 1. The van der Waals surface area contributed by atoms with Crippen LogP contribution in [0.1, 0.15) is 19.4 Å². The molecular formula is C13H18N2O3. The van der Waals surface area contributed by atoms with Crippen molar-refractivity contribution in [3.05, 3.63) is 23.8 Å². The van der Waals surface area contributed by atoms with Crippen LogP contribution in [0, 0.1) is 0 Å². The van der Waals surface area contributed by atoms with Crippen molar-refractivity contribution in [2.75, 3.05) is 13.3 Å². The van der Waals surface area contributed by atoms with Crippen LogP contribution >= 0.6 is 0 Å². The smallest absolute Gasteiger partial charge is 0.231 e. The summed E-state index contributed by atoms with van der Waals surface area (Å²) in [7, 11) is 0. The standard InChI is InChI=1S/C13H18N2O3/c1-13(2,14)7-15-11(16)6-9-4-3-5-10-12(9)18-8-17-10/h3-5H,6-8,14H2,1-2H3,(H,15,16). The number of amides is 1. The molecule has 0 atom stereocenters. The molecule has 0 spiro atoms. The van der Waals surface area contributed by atoms with Gasteiger partial charge in [-0.1, -0.05) is 12.1 Å². The van der Waals surface area contributed by atoms with Crippen molar-refractivity contribution in [1.29, 1.82) is 0 Å². The second kappa shape index (κ2) is 4.86. The van der Waals surface area contributed by atoms with Crippen LogP contribution < -0.4 is 20.5 Å². The number of ether oxygens (including phenoxy) is 2. The number of carbonyl (C=O) groups excluding carboxylic acids is 1. The van der Waals surface area contributed by atoms with Crippen LogP contribution in [0.2, 0.25) is 0 Å². The average Bonchev–Trinajstić information content (AvgIpc) is 2.74. The molecule has 0 saturated heterocycles. The molecule has 1 aliphatic rings. The first-order valence-corrected chi connectivity index (χ1v) is 5.89. The van der Waals surface area contributed by atoms with Gasteiger partial charge in [0.15, 0.2) is 11.5 Å². The Kier molecular flexibility index (Phi) is 3.43. The Hall–Kier alpha value is -1.75. The molecule has 0 fully saturated rings. The van der Waals surface area contributed by atoms with E-state index in [2.05, 4.69) is 5.32 Å². The number of benzene rings is 1. The Morgan fingerprint density at radius 1 is 1.44 bits per heavy atom. The zero-order valence-electron chi connectivity index (χ0n) is 10.7. The van der Waals surface area contributed by atoms with Gasteiger partial charge in [0.25, 0.3) is 0 Å². The second-order valence-electron chi connectivity index (χ2n) is 5.09. The molecular weight excluding hydrogens is 232 g/mol. The fourth-order valence-corrected chi connectivity index (χ4v) is 1.69. The lowest BCUT2D eigenvalue weighted by Crippen LogP contribution is -2.45. The Morgan fingerprint density at radius 2 is 2.22 bits per heavy atom. The molecule has 0 unspecified atom stereocenters. The third kappa shape index (κ3) is 3.13. The molecule has 1 heterocycles. The average molecular weight is 250 g/mol. The first-order chi connectivity index (χ1) is 8.46. The highest BCUT2D eigenvalue weighted by Gasteiger charge is 2.19. The molecule has 0 saturated carbocycles. The maximum absolute atomic E-state index is 11.8. The SMILES string of the molecule is CC(C)(N)CNC(=O)Cc1cccc2c1OCO2. The highest BCUT2D eigenvalue weighted by Crippen LogP contribution is 2.35. The van der Waals surface area contributed by atoms with Crippen LogP contribution in [0.15, 0.2) is 18.2 Å². The topological polar surface area (TPSA) is 73.6 Å². The van der Waals surface area contributed by atoms with Crippen LogP contribution in [-0.4, -0.2) is 24.8 Å². The van der Waals surface area contributed by atoms with Gasteiger partial charge in [-0.05, 0) is 19.9 Å². The number of rotatable bonds is 4. The molecule has 5 nitrogen and oxygen atoms in total. The van der Waals surface area contributed by atoms with Gasteiger partial charge >= 0.3 is 0 Å². The van der Waals surface area contributed by atoms with E-state index in [0.29, 0.717) is 18.0 Å². The molecule has 0 radical (unpaired) electrons. The first-order valence-electron chi connectivity index (χ1n) is 5.89. The number of nitrogens with two attached hydrogens (primary N) is 1. The quantitative estimate of drug-likeness (QED) is 0.829. The molecule has 1 aromatic rings. The van der Waals surface area contributed by atoms with Gasteiger partial charge in [0.05, 0.1) is 6.42 Å². The first kappa shape index (κ1) is 12.7. The number of hydrogen-bond acceptors (Lipinski definition) is 4. The number of para-hydroxylation sites is 1. The Morgan fingerprint density at radius 3 is 2.94 bits per heavy atom. The minimum Gasteiger partial charge on any atom is -0.454 e. The molecule has 1 amide bonds. The van der Waals surface area contributed by atoms with Crippen molar-refractivity contribution in [3.8, 4) is 11.5 Å². The van der Waals surface area contributed by atoms with Crippen LogP contribution in [-0.2, 0) is 11.2 Å². The predicted molar refractivity (Wildman–Crippen MR) is 67.5 cm³/mol. The maximum Gasteiger partial charge on any atom is 0.231 e. The Bertz CT molecular complexity index is 452. The van der Waals surface area contributed by atoms with Crippen LogP contribution in [0.25, 0.3) is 0 Å². The van der Waals surface area contributed by atoms with Crippen molar-refractivity contribution in [2.45, 2.75) is 25.8 Å². The predicted octanol–water partition coefficient (Wildman–Crippen LogP) is 0.811. The number of fused-ring (bicyclic) bond motifs is 1. The molecule has 1 aliphatic heterocycles. The van der Waals surface area contributed by atoms with Gasteiger partial charge in [-0.15, -0.1) is 0 Å². The lowest BCUT2D eigenvalue weighted by Gasteiger charge is -2.19. The minimum absolute atomic E-state index is 0.0718. The molecule has 0 aromatic heterocycles. The third-order valence-electron chi connectivity index (χ3n) is 2.57. The maximum atomic E-state index is 11.8. The van der Waals surface area contributed by atoms with E-state index in [-0.39, 0.29) is 19.1 Å². The van der Waals surface area contributed by atoms with Gasteiger partial charge in [0.1, 0.15) is 0 Å². The van der Waals surface area contributed by atoms with E-state index in [1.54, 1.807) is 0 Å². The van der Waals surface area contributed by atoms with Gasteiger partial charge in [0.2, 0.25) is 12.7 Å². The van der Waals surface area contributed by atoms with Gasteiger partial charge in [-0.2, -0.15) is 0 Å². The van der Waals surface area contributed by atoms with Crippen molar-refractivity contribution in [2.24, 2.45) is 5.73 Å². The molecule has 0 bridgehead atoms. The van der Waals surface area contributed by atoms with E-state index in [1.807, 2.05) is 32.0 Å². The third-order valence-corrected chi connectivity index (χ3v) is 2.57. The van der Waals surface area contributed by atoms with Crippen LogP contribution in [0.3, 0.4) is 0 Å². The largest absolute Gasteiger partial charge is 0.454 e. The van der Waals surface area contributed by atoms with E-state index in [0.717, 1.165) is 5.56 Å². The van der Waals surface area contributed by atoms with Gasteiger partial charge < -0.3 is 20.5 Å². The summed E-state index contributed by atoms with van der Waals surface area (Å²) in [5.41, 5.74) is 6.23. The fraction of sp³-hybridized carbons (Fsp3) is 0.462. The van der Waals surface area contributed by atoms with E-state index in [4.69, 9.17) is 15.2 Å². The second-order valence-corrected chi connectivity index (χ2v) is 5.09. The van der Waals surface area contributed by atoms with E-state index in [1.165, 1.54) is 0 Å². The van der Waals surface area contributed by atoms with Gasteiger partial charge in [-0.25, -0.2) is 0 Å². The summed E-state index contributed by atoms with van der Waals surface area (Å²) < 4.78 is 10.6. The Labute approximate surface area is 106 Å². The highest BCUT2D eigenvalue weighted by atomic mass is 16.7. The van der Waals surface area contributed by atoms with Crippen LogP contribution in [0.4, 0.5) is 0 Å². The summed E-state index contributed by atoms with van der Waals surface area (Å²) in [6, 6.07) is 5.54. The number of hydrogen-bond donors (Lipinski definition) is 2. The number of carbonyl (C=O) groups is 1. The Balaban J connectivity index is 1.98. The zero-order valence-corrected chi connectivity index (χ0v) is 10.7. The zero-order chi connectivity index (χ0) is 13.2. The molecule has 3 N–H and O–H groups in total. The van der Waals surface area contributed by atoms with E-state index < -0.39 is 5.54 Å². The molecule has 1 aromatic carbocycles. The van der Waals surface area contributed by atoms with E-state index in [9.17, 15) is 4.79 Å². The van der Waals surface area contributed by atoms with Gasteiger partial charge in [-0.3, -0.25) is 4.79 Å². The summed E-state index contributed by atoms with van der Waals surface area (Å²) in [4.78, 5) is 11.8. The summed E-state index contributed by atoms with van der Waals surface area (Å²) >= 11 is 0. The van der Waals surface area contributed by atoms with Gasteiger partial charge in [0, 0.05) is 17.6 Å². The monoisotopic (exact) mass is 250 g/mol. The van der Waals surface area contributed by atoms with Crippen molar-refractivity contribution >= 4 is 5.91 Å². The summed E-state index contributed by atoms with van der Waals surface area (Å²) in [6.07, 6.45) is 0.266. The van der Waals surface area contributed by atoms with Crippen molar-refractivity contribution in [1.82, 2.24) is 5.32 Å². The molecule has 0 aliphatic carbocycles. The molecule has 18 heavy (non-hydrogen) atoms. The lowest BCUT2D eigenvalue weighted by molar-refractivity contribution is -0.120. The minimum atomic E-state index is -0.409. The van der Waals surface area contributed by atoms with Crippen molar-refractivity contribution < 1.29 is 14.3 Å². The van der Waals surface area contributed by atoms with Crippen molar-refractivity contribution in [3.63, 3.8) is 0 Å². The highest BCUT2D eigenvalue weighted by molar-refractivity contribution is 5.79. The summed E-state index contributed by atoms with van der Waals surface area (Å²) in [5, 5.41) is 2.80. The molecule has 98 valence electrons. The summed E-state index contributed by atoms with van der Waals surface area (Å²) in [5.74, 6) is 1.29. The molecule has 2 rings (SSSR count). The molecule has 5 heteroatoms. The normalized spacial score (nSPS) is 13.5. The summed E-state index contributed by atoms with van der Waals surface area (Å²) in [6.45, 7) is 4.39. The lowest BCUT2D eigenvalue weighted by atomic mass is 10.1. The van der Waals surface area contributed by atoms with Crippen LogP contribution in [0.5, 0.6) is 11.5 Å². The fourth-order valence-electron chi connectivity index (χ4n) is 1.69.